The lowest BCUT2D eigenvalue weighted by Crippen LogP contribution is -2.29. The summed E-state index contributed by atoms with van der Waals surface area (Å²) >= 11 is 0. The van der Waals surface area contributed by atoms with Gasteiger partial charge in [-0.2, -0.15) is 0 Å². The largest absolute Gasteiger partial charge is 0.299 e. The van der Waals surface area contributed by atoms with Gasteiger partial charge in [0.25, 0.3) is 0 Å². The molecule has 0 saturated heterocycles. The maximum atomic E-state index is 12.2. The highest BCUT2D eigenvalue weighted by Gasteiger charge is 2.31. The molecular weight excluding hydrogens is 224 g/mol. The van der Waals surface area contributed by atoms with Gasteiger partial charge in [-0.1, -0.05) is 57.5 Å². The van der Waals surface area contributed by atoms with Crippen LogP contribution < -0.4 is 0 Å². The second-order valence-corrected chi connectivity index (χ2v) is 5.05. The summed E-state index contributed by atoms with van der Waals surface area (Å²) in [5, 5.41) is 0. The van der Waals surface area contributed by atoms with Crippen molar-refractivity contribution in [1.82, 2.24) is 0 Å². The van der Waals surface area contributed by atoms with Crippen molar-refractivity contribution in [3.8, 4) is 0 Å². The van der Waals surface area contributed by atoms with Crippen LogP contribution in [0.3, 0.4) is 0 Å². The van der Waals surface area contributed by atoms with Crippen LogP contribution in [-0.2, 0) is 4.79 Å². The Labute approximate surface area is 109 Å². The maximum absolute atomic E-state index is 12.2. The van der Waals surface area contributed by atoms with Gasteiger partial charge in [-0.3, -0.25) is 9.59 Å². The first-order valence-corrected chi connectivity index (χ1v) is 6.65. The van der Waals surface area contributed by atoms with E-state index in [0.717, 1.165) is 19.3 Å². The Bertz CT molecular complexity index is 408. The normalized spacial score (nSPS) is 13.9. The van der Waals surface area contributed by atoms with Crippen LogP contribution in [-0.4, -0.2) is 11.6 Å². The number of Topliss-reactive ketones (excluding diaryl/α,β-unsaturated/α-hetero) is 2. The Morgan fingerprint density at radius 2 is 1.72 bits per heavy atom. The quantitative estimate of drug-likeness (QED) is 0.537. The van der Waals surface area contributed by atoms with Crippen LogP contribution in [0.15, 0.2) is 30.3 Å². The number of ketones is 2. The van der Waals surface area contributed by atoms with Crippen molar-refractivity contribution in [2.75, 3.05) is 0 Å². The second kappa shape index (κ2) is 6.48. The SMILES string of the molecule is CCCC(C)(CC)C(=O)CC(=O)c1ccccc1. The Morgan fingerprint density at radius 3 is 2.22 bits per heavy atom. The lowest BCUT2D eigenvalue weighted by molar-refractivity contribution is -0.127. The van der Waals surface area contributed by atoms with Gasteiger partial charge in [-0.25, -0.2) is 0 Å². The van der Waals surface area contributed by atoms with Crippen LogP contribution >= 0.6 is 0 Å². The van der Waals surface area contributed by atoms with Crippen molar-refractivity contribution < 1.29 is 9.59 Å². The standard InChI is InChI=1S/C16H22O2/c1-4-11-16(3,5-2)15(18)12-14(17)13-9-7-6-8-10-13/h6-10H,4-5,11-12H2,1-3H3. The van der Waals surface area contributed by atoms with Crippen LogP contribution in [0.4, 0.5) is 0 Å². The molecular formula is C16H22O2. The molecule has 98 valence electrons. The first-order valence-electron chi connectivity index (χ1n) is 6.65. The molecule has 1 aromatic carbocycles. The van der Waals surface area contributed by atoms with E-state index in [9.17, 15) is 9.59 Å². The Balaban J connectivity index is 2.73. The minimum Gasteiger partial charge on any atom is -0.299 e. The molecule has 1 aromatic rings. The Hall–Kier alpha value is -1.44. The van der Waals surface area contributed by atoms with Crippen LogP contribution in [0.1, 0.15) is 56.8 Å². The van der Waals surface area contributed by atoms with E-state index in [2.05, 4.69) is 6.92 Å². The molecule has 0 N–H and O–H groups in total. The highest BCUT2D eigenvalue weighted by molar-refractivity contribution is 6.09. The summed E-state index contributed by atoms with van der Waals surface area (Å²) in [6, 6.07) is 9.04. The van der Waals surface area contributed by atoms with E-state index < -0.39 is 0 Å². The molecule has 18 heavy (non-hydrogen) atoms. The fourth-order valence-corrected chi connectivity index (χ4v) is 2.15. The summed E-state index contributed by atoms with van der Waals surface area (Å²) in [5.41, 5.74) is 0.278. The van der Waals surface area contributed by atoms with E-state index in [1.807, 2.05) is 32.0 Å². The van der Waals surface area contributed by atoms with Crippen LogP contribution in [0, 0.1) is 5.41 Å². The molecule has 0 amide bonds. The molecule has 0 aliphatic rings. The predicted molar refractivity (Wildman–Crippen MR) is 73.7 cm³/mol. The van der Waals surface area contributed by atoms with Gasteiger partial charge in [0, 0.05) is 11.0 Å². The molecule has 0 spiro atoms. The highest BCUT2D eigenvalue weighted by atomic mass is 16.1. The average molecular weight is 246 g/mol. The van der Waals surface area contributed by atoms with E-state index in [-0.39, 0.29) is 23.4 Å². The van der Waals surface area contributed by atoms with Crippen molar-refractivity contribution in [2.45, 2.75) is 46.5 Å². The number of carbonyl (C=O) groups is 2. The topological polar surface area (TPSA) is 34.1 Å². The van der Waals surface area contributed by atoms with Gasteiger partial charge in [0.2, 0.25) is 0 Å². The maximum Gasteiger partial charge on any atom is 0.170 e. The summed E-state index contributed by atoms with van der Waals surface area (Å²) in [7, 11) is 0. The van der Waals surface area contributed by atoms with E-state index in [4.69, 9.17) is 0 Å². The molecule has 0 aliphatic carbocycles. The smallest absolute Gasteiger partial charge is 0.170 e. The average Bonchev–Trinajstić information content (AvgIpc) is 2.39. The van der Waals surface area contributed by atoms with Gasteiger partial charge >= 0.3 is 0 Å². The fraction of sp³-hybridized carbons (Fsp3) is 0.500. The Kier molecular flexibility index (Phi) is 5.26. The predicted octanol–water partition coefficient (Wildman–Crippen LogP) is 4.04. The van der Waals surface area contributed by atoms with E-state index >= 15 is 0 Å². The number of rotatable bonds is 7. The van der Waals surface area contributed by atoms with Gasteiger partial charge in [0.15, 0.2) is 5.78 Å². The first kappa shape index (κ1) is 14.6. The second-order valence-electron chi connectivity index (χ2n) is 5.05. The molecule has 1 rings (SSSR count). The zero-order valence-electron chi connectivity index (χ0n) is 11.5. The molecule has 1 atom stereocenters. The molecule has 2 nitrogen and oxygen atoms in total. The zero-order chi connectivity index (χ0) is 13.6. The molecule has 1 unspecified atom stereocenters. The third kappa shape index (κ3) is 3.52. The molecule has 0 aromatic heterocycles. The molecule has 0 radical (unpaired) electrons. The third-order valence-corrected chi connectivity index (χ3v) is 3.67. The Morgan fingerprint density at radius 1 is 1.11 bits per heavy atom. The van der Waals surface area contributed by atoms with Crippen LogP contribution in [0.2, 0.25) is 0 Å². The number of hydrogen-bond acceptors (Lipinski definition) is 2. The lowest BCUT2D eigenvalue weighted by atomic mass is 9.77. The van der Waals surface area contributed by atoms with Gasteiger partial charge in [-0.05, 0) is 12.8 Å². The van der Waals surface area contributed by atoms with Gasteiger partial charge in [-0.15, -0.1) is 0 Å². The van der Waals surface area contributed by atoms with E-state index in [1.54, 1.807) is 12.1 Å². The van der Waals surface area contributed by atoms with Crippen LogP contribution in [0.5, 0.6) is 0 Å². The molecule has 0 saturated carbocycles. The van der Waals surface area contributed by atoms with Crippen LogP contribution in [0.25, 0.3) is 0 Å². The van der Waals surface area contributed by atoms with Crippen molar-refractivity contribution in [2.24, 2.45) is 5.41 Å². The highest BCUT2D eigenvalue weighted by Crippen LogP contribution is 2.30. The van der Waals surface area contributed by atoms with Crippen molar-refractivity contribution in [3.05, 3.63) is 35.9 Å². The van der Waals surface area contributed by atoms with Crippen molar-refractivity contribution in [1.29, 1.82) is 0 Å². The monoisotopic (exact) mass is 246 g/mol. The van der Waals surface area contributed by atoms with E-state index in [0.29, 0.717) is 5.56 Å². The van der Waals surface area contributed by atoms with Gasteiger partial charge in [0.05, 0.1) is 6.42 Å². The number of benzene rings is 1. The third-order valence-electron chi connectivity index (χ3n) is 3.67. The van der Waals surface area contributed by atoms with Gasteiger partial charge < -0.3 is 0 Å². The lowest BCUT2D eigenvalue weighted by Gasteiger charge is -2.25. The zero-order valence-corrected chi connectivity index (χ0v) is 11.5. The van der Waals surface area contributed by atoms with Gasteiger partial charge in [0.1, 0.15) is 5.78 Å². The number of hydrogen-bond donors (Lipinski definition) is 0. The first-order chi connectivity index (χ1) is 8.53. The van der Waals surface area contributed by atoms with Crippen molar-refractivity contribution >= 4 is 11.6 Å². The summed E-state index contributed by atoms with van der Waals surface area (Å²) < 4.78 is 0. The molecule has 0 heterocycles. The van der Waals surface area contributed by atoms with E-state index in [1.165, 1.54) is 0 Å². The summed E-state index contributed by atoms with van der Waals surface area (Å²) in [6.07, 6.45) is 2.64. The molecule has 0 fully saturated rings. The summed E-state index contributed by atoms with van der Waals surface area (Å²) in [4.78, 5) is 24.2. The molecule has 0 bridgehead atoms. The summed E-state index contributed by atoms with van der Waals surface area (Å²) in [5.74, 6) is -0.00270. The van der Waals surface area contributed by atoms with Crippen molar-refractivity contribution in [3.63, 3.8) is 0 Å². The molecule has 0 aliphatic heterocycles. The minimum atomic E-state index is -0.348. The molecule has 2 heteroatoms. The minimum absolute atomic E-state index is 0.0222. The summed E-state index contributed by atoms with van der Waals surface area (Å²) in [6.45, 7) is 6.05. The fourth-order valence-electron chi connectivity index (χ4n) is 2.15. The number of carbonyl (C=O) groups excluding carboxylic acids is 2.